The Morgan fingerprint density at radius 3 is 2.71 bits per heavy atom. The molecule has 96 valence electrons. The molecule has 0 N–H and O–H groups in total. The summed E-state index contributed by atoms with van der Waals surface area (Å²) in [5, 5.41) is 4.25. The van der Waals surface area contributed by atoms with Crippen LogP contribution in [0, 0.1) is 0 Å². The summed E-state index contributed by atoms with van der Waals surface area (Å²) in [5.74, 6) is 0.732. The first-order valence-electron chi connectivity index (χ1n) is 6.67. The first-order valence-corrected chi connectivity index (χ1v) is 7.21. The van der Waals surface area contributed by atoms with E-state index in [1.165, 1.54) is 32.1 Å². The van der Waals surface area contributed by atoms with E-state index in [2.05, 4.69) is 10.00 Å². The van der Waals surface area contributed by atoms with Crippen LogP contribution < -0.4 is 0 Å². The number of nitrogens with zero attached hydrogens (tertiary/aromatic N) is 3. The molecule has 1 aliphatic carbocycles. The van der Waals surface area contributed by atoms with Crippen LogP contribution in [0.5, 0.6) is 0 Å². The molecule has 0 bridgehead atoms. The van der Waals surface area contributed by atoms with Crippen LogP contribution in [0.15, 0.2) is 18.5 Å². The van der Waals surface area contributed by atoms with E-state index in [-0.39, 0.29) is 0 Å². The third-order valence-electron chi connectivity index (χ3n) is 3.64. The Hall–Kier alpha value is -0.540. The van der Waals surface area contributed by atoms with E-state index in [9.17, 15) is 0 Å². The van der Waals surface area contributed by atoms with Crippen molar-refractivity contribution in [2.75, 3.05) is 19.0 Å². The van der Waals surface area contributed by atoms with Gasteiger partial charge in [-0.1, -0.05) is 19.3 Å². The van der Waals surface area contributed by atoms with Crippen LogP contribution in [0.3, 0.4) is 0 Å². The molecule has 0 saturated heterocycles. The van der Waals surface area contributed by atoms with Crippen LogP contribution in [-0.2, 0) is 6.54 Å². The molecule has 0 aromatic carbocycles. The molecular weight excluding hydrogens is 234 g/mol. The largest absolute Gasteiger partial charge is 0.297 e. The van der Waals surface area contributed by atoms with Crippen molar-refractivity contribution < 1.29 is 0 Å². The molecule has 1 heterocycles. The second-order valence-corrected chi connectivity index (χ2v) is 5.16. The monoisotopic (exact) mass is 255 g/mol. The Morgan fingerprint density at radius 2 is 2.06 bits per heavy atom. The lowest BCUT2D eigenvalue weighted by Gasteiger charge is -2.33. The second kappa shape index (κ2) is 7.02. The van der Waals surface area contributed by atoms with Crippen molar-refractivity contribution in [2.45, 2.75) is 44.7 Å². The van der Waals surface area contributed by atoms with Crippen LogP contribution in [-0.4, -0.2) is 39.7 Å². The van der Waals surface area contributed by atoms with Gasteiger partial charge in [0.05, 0.1) is 6.54 Å². The van der Waals surface area contributed by atoms with E-state index >= 15 is 0 Å². The minimum absolute atomic E-state index is 0.732. The predicted molar refractivity (Wildman–Crippen MR) is 71.4 cm³/mol. The van der Waals surface area contributed by atoms with Gasteiger partial charge < -0.3 is 0 Å². The van der Waals surface area contributed by atoms with Gasteiger partial charge in [0.15, 0.2) is 0 Å². The highest BCUT2D eigenvalue weighted by Gasteiger charge is 2.20. The van der Waals surface area contributed by atoms with Crippen LogP contribution in [0.4, 0.5) is 0 Å². The van der Waals surface area contributed by atoms with Crippen LogP contribution in [0.25, 0.3) is 0 Å². The Balaban J connectivity index is 1.82. The lowest BCUT2D eigenvalue weighted by molar-refractivity contribution is 0.157. The summed E-state index contributed by atoms with van der Waals surface area (Å²) in [5.41, 5.74) is 0. The Labute approximate surface area is 109 Å². The second-order valence-electron chi connectivity index (χ2n) is 4.79. The Bertz CT molecular complexity index is 294. The number of alkyl halides is 1. The van der Waals surface area contributed by atoms with Crippen LogP contribution >= 0.6 is 11.6 Å². The van der Waals surface area contributed by atoms with Crippen molar-refractivity contribution >= 4 is 11.6 Å². The smallest absolute Gasteiger partial charge is 0.0536 e. The third kappa shape index (κ3) is 4.00. The van der Waals surface area contributed by atoms with Gasteiger partial charge in [0.25, 0.3) is 0 Å². The molecule has 1 aromatic heterocycles. The van der Waals surface area contributed by atoms with E-state index in [0.717, 1.165) is 31.6 Å². The number of rotatable bonds is 6. The molecule has 1 fully saturated rings. The molecule has 0 atom stereocenters. The first-order chi connectivity index (χ1) is 8.40. The molecule has 1 aliphatic rings. The molecule has 4 heteroatoms. The first kappa shape index (κ1) is 12.9. The molecule has 1 aromatic rings. The van der Waals surface area contributed by atoms with Crippen molar-refractivity contribution in [3.63, 3.8) is 0 Å². The van der Waals surface area contributed by atoms with E-state index < -0.39 is 0 Å². The number of hydrogen-bond donors (Lipinski definition) is 0. The maximum Gasteiger partial charge on any atom is 0.0536 e. The van der Waals surface area contributed by atoms with Gasteiger partial charge in [-0.15, -0.1) is 11.6 Å². The highest BCUT2D eigenvalue weighted by Crippen LogP contribution is 2.22. The fraction of sp³-hybridized carbons (Fsp3) is 0.769. The standard InChI is InChI=1S/C13H22ClN3/c14-7-10-16(13-5-2-1-3-6-13)11-12-17-9-4-8-15-17/h4,8-9,13H,1-3,5-7,10-12H2. The van der Waals surface area contributed by atoms with E-state index in [0.29, 0.717) is 0 Å². The van der Waals surface area contributed by atoms with Gasteiger partial charge in [0.1, 0.15) is 0 Å². The summed E-state index contributed by atoms with van der Waals surface area (Å²) in [6, 6.07) is 2.73. The van der Waals surface area contributed by atoms with E-state index in [4.69, 9.17) is 11.6 Å². The molecule has 0 radical (unpaired) electrons. The Kier molecular flexibility index (Phi) is 5.33. The molecule has 3 nitrogen and oxygen atoms in total. The van der Waals surface area contributed by atoms with Gasteiger partial charge in [-0.3, -0.25) is 9.58 Å². The van der Waals surface area contributed by atoms with Crippen molar-refractivity contribution in [1.82, 2.24) is 14.7 Å². The number of hydrogen-bond acceptors (Lipinski definition) is 2. The van der Waals surface area contributed by atoms with Crippen LogP contribution in [0.1, 0.15) is 32.1 Å². The molecule has 0 aliphatic heterocycles. The van der Waals surface area contributed by atoms with Crippen molar-refractivity contribution in [1.29, 1.82) is 0 Å². The predicted octanol–water partition coefficient (Wildman–Crippen LogP) is 2.76. The van der Waals surface area contributed by atoms with Crippen molar-refractivity contribution in [3.8, 4) is 0 Å². The highest BCUT2D eigenvalue weighted by atomic mass is 35.5. The zero-order valence-electron chi connectivity index (χ0n) is 10.4. The third-order valence-corrected chi connectivity index (χ3v) is 3.81. The fourth-order valence-corrected chi connectivity index (χ4v) is 2.91. The van der Waals surface area contributed by atoms with Crippen molar-refractivity contribution in [2.24, 2.45) is 0 Å². The van der Waals surface area contributed by atoms with Gasteiger partial charge in [-0.25, -0.2) is 0 Å². The summed E-state index contributed by atoms with van der Waals surface area (Å²) in [6.07, 6.45) is 10.7. The van der Waals surface area contributed by atoms with Crippen LogP contribution in [0.2, 0.25) is 0 Å². The molecule has 2 rings (SSSR count). The average Bonchev–Trinajstić information content (AvgIpc) is 2.88. The lowest BCUT2D eigenvalue weighted by Crippen LogP contribution is -2.40. The van der Waals surface area contributed by atoms with Gasteiger partial charge in [0.2, 0.25) is 0 Å². The zero-order chi connectivity index (χ0) is 11.9. The summed E-state index contributed by atoms with van der Waals surface area (Å²) in [6.45, 7) is 3.05. The summed E-state index contributed by atoms with van der Waals surface area (Å²) in [4.78, 5) is 2.55. The molecule has 1 saturated carbocycles. The van der Waals surface area contributed by atoms with Gasteiger partial charge in [-0.05, 0) is 18.9 Å². The highest BCUT2D eigenvalue weighted by molar-refractivity contribution is 6.18. The topological polar surface area (TPSA) is 21.1 Å². The minimum Gasteiger partial charge on any atom is -0.297 e. The molecule has 0 amide bonds. The van der Waals surface area contributed by atoms with Gasteiger partial charge in [-0.2, -0.15) is 5.10 Å². The quantitative estimate of drug-likeness (QED) is 0.729. The van der Waals surface area contributed by atoms with Gasteiger partial charge >= 0.3 is 0 Å². The fourth-order valence-electron chi connectivity index (χ4n) is 2.70. The zero-order valence-corrected chi connectivity index (χ0v) is 11.1. The Morgan fingerprint density at radius 1 is 1.24 bits per heavy atom. The van der Waals surface area contributed by atoms with E-state index in [1.807, 2.05) is 23.1 Å². The van der Waals surface area contributed by atoms with E-state index in [1.54, 1.807) is 0 Å². The summed E-state index contributed by atoms with van der Waals surface area (Å²) >= 11 is 5.91. The number of aromatic nitrogens is 2. The molecular formula is C13H22ClN3. The summed E-state index contributed by atoms with van der Waals surface area (Å²) < 4.78 is 2.00. The summed E-state index contributed by atoms with van der Waals surface area (Å²) in [7, 11) is 0. The number of halogens is 1. The molecule has 0 unspecified atom stereocenters. The normalized spacial score (nSPS) is 17.8. The average molecular weight is 256 g/mol. The SMILES string of the molecule is ClCCN(CCn1cccn1)C1CCCCC1. The van der Waals surface area contributed by atoms with Gasteiger partial charge in [0, 0.05) is 37.4 Å². The maximum absolute atomic E-state index is 5.91. The maximum atomic E-state index is 5.91. The molecule has 17 heavy (non-hydrogen) atoms. The van der Waals surface area contributed by atoms with Crippen molar-refractivity contribution in [3.05, 3.63) is 18.5 Å². The minimum atomic E-state index is 0.732. The molecule has 0 spiro atoms. The lowest BCUT2D eigenvalue weighted by atomic mass is 9.94.